The SMILES string of the molecule is N#Cc1ccc(C(=O)N(Cc2ccc3c(c2)OCO3)C2CCCC2)cc1. The lowest BCUT2D eigenvalue weighted by atomic mass is 10.1. The number of amides is 1. The van der Waals surface area contributed by atoms with Crippen molar-refractivity contribution in [3.63, 3.8) is 0 Å². The van der Waals surface area contributed by atoms with Crippen LogP contribution in [0.15, 0.2) is 42.5 Å². The van der Waals surface area contributed by atoms with Crippen molar-refractivity contribution in [2.75, 3.05) is 6.79 Å². The summed E-state index contributed by atoms with van der Waals surface area (Å²) in [6, 6.07) is 15.1. The molecule has 0 atom stereocenters. The Kier molecular flexibility index (Phi) is 4.49. The molecule has 5 heteroatoms. The molecule has 0 N–H and O–H groups in total. The molecule has 1 amide bonds. The van der Waals surface area contributed by atoms with Crippen LogP contribution in [0.1, 0.15) is 47.2 Å². The monoisotopic (exact) mass is 348 g/mol. The molecule has 2 aliphatic rings. The van der Waals surface area contributed by atoms with Crippen molar-refractivity contribution in [1.82, 2.24) is 4.90 Å². The van der Waals surface area contributed by atoms with E-state index in [0.717, 1.165) is 42.7 Å². The minimum atomic E-state index is 0.0130. The molecule has 1 fully saturated rings. The highest BCUT2D eigenvalue weighted by Gasteiger charge is 2.28. The van der Waals surface area contributed by atoms with Crippen molar-refractivity contribution in [2.45, 2.75) is 38.3 Å². The summed E-state index contributed by atoms with van der Waals surface area (Å²) in [5.41, 5.74) is 2.21. The molecule has 1 aliphatic carbocycles. The Balaban J connectivity index is 1.59. The number of fused-ring (bicyclic) bond motifs is 1. The highest BCUT2D eigenvalue weighted by atomic mass is 16.7. The van der Waals surface area contributed by atoms with Gasteiger partial charge < -0.3 is 14.4 Å². The van der Waals surface area contributed by atoms with Crippen molar-refractivity contribution in [3.05, 3.63) is 59.2 Å². The Hall–Kier alpha value is -3.00. The molecule has 2 aromatic carbocycles. The Morgan fingerprint density at radius 2 is 1.81 bits per heavy atom. The number of nitriles is 1. The van der Waals surface area contributed by atoms with Crippen molar-refractivity contribution in [3.8, 4) is 17.6 Å². The van der Waals surface area contributed by atoms with Crippen LogP contribution in [0.4, 0.5) is 0 Å². The first-order valence-corrected chi connectivity index (χ1v) is 8.94. The van der Waals surface area contributed by atoms with Gasteiger partial charge in [-0.05, 0) is 54.8 Å². The molecular weight excluding hydrogens is 328 g/mol. The highest BCUT2D eigenvalue weighted by molar-refractivity contribution is 5.94. The molecule has 26 heavy (non-hydrogen) atoms. The molecule has 2 aromatic rings. The Bertz CT molecular complexity index is 849. The van der Waals surface area contributed by atoms with Gasteiger partial charge in [-0.3, -0.25) is 4.79 Å². The third-order valence-electron chi connectivity index (χ3n) is 5.08. The van der Waals surface area contributed by atoms with Crippen molar-refractivity contribution in [1.29, 1.82) is 5.26 Å². The first kappa shape index (κ1) is 16.5. The molecule has 132 valence electrons. The average molecular weight is 348 g/mol. The smallest absolute Gasteiger partial charge is 0.254 e. The van der Waals surface area contributed by atoms with Crippen LogP contribution < -0.4 is 9.47 Å². The first-order valence-electron chi connectivity index (χ1n) is 8.94. The van der Waals surface area contributed by atoms with Crippen LogP contribution in [0.2, 0.25) is 0 Å². The van der Waals surface area contributed by atoms with Crippen LogP contribution in [0.5, 0.6) is 11.5 Å². The fourth-order valence-electron chi connectivity index (χ4n) is 3.67. The number of carbonyl (C=O) groups excluding carboxylic acids is 1. The van der Waals surface area contributed by atoms with Crippen LogP contribution >= 0.6 is 0 Å². The van der Waals surface area contributed by atoms with E-state index in [9.17, 15) is 4.79 Å². The second-order valence-corrected chi connectivity index (χ2v) is 6.75. The van der Waals surface area contributed by atoms with Gasteiger partial charge in [-0.25, -0.2) is 0 Å². The molecule has 5 nitrogen and oxygen atoms in total. The summed E-state index contributed by atoms with van der Waals surface area (Å²) < 4.78 is 10.8. The molecule has 1 aliphatic heterocycles. The molecule has 0 bridgehead atoms. The zero-order valence-electron chi connectivity index (χ0n) is 14.5. The largest absolute Gasteiger partial charge is 0.454 e. The topological polar surface area (TPSA) is 62.6 Å². The summed E-state index contributed by atoms with van der Waals surface area (Å²) in [6.07, 6.45) is 4.38. The molecule has 0 saturated heterocycles. The minimum Gasteiger partial charge on any atom is -0.454 e. The number of hydrogen-bond donors (Lipinski definition) is 0. The van der Waals surface area contributed by atoms with Crippen molar-refractivity contribution in [2.24, 2.45) is 0 Å². The van der Waals surface area contributed by atoms with Crippen molar-refractivity contribution >= 4 is 5.91 Å². The van der Waals surface area contributed by atoms with Crippen LogP contribution in [-0.4, -0.2) is 23.6 Å². The van der Waals surface area contributed by atoms with E-state index < -0.39 is 0 Å². The van der Waals surface area contributed by atoms with Gasteiger partial charge in [0.1, 0.15) is 0 Å². The Labute approximate surface area is 152 Å². The summed E-state index contributed by atoms with van der Waals surface area (Å²) in [7, 11) is 0. The van der Waals surface area contributed by atoms with E-state index in [1.165, 1.54) is 0 Å². The quantitative estimate of drug-likeness (QED) is 0.841. The second kappa shape index (κ2) is 7.09. The van der Waals surface area contributed by atoms with E-state index in [-0.39, 0.29) is 18.7 Å². The van der Waals surface area contributed by atoms with Gasteiger partial charge in [0.15, 0.2) is 11.5 Å². The van der Waals surface area contributed by atoms with Crippen LogP contribution in [0, 0.1) is 11.3 Å². The second-order valence-electron chi connectivity index (χ2n) is 6.75. The van der Waals surface area contributed by atoms with Crippen molar-refractivity contribution < 1.29 is 14.3 Å². The lowest BCUT2D eigenvalue weighted by Crippen LogP contribution is -2.38. The summed E-state index contributed by atoms with van der Waals surface area (Å²) in [4.78, 5) is 15.1. The maximum absolute atomic E-state index is 13.2. The molecule has 0 radical (unpaired) electrons. The normalized spacial score (nSPS) is 15.7. The third-order valence-corrected chi connectivity index (χ3v) is 5.08. The van der Waals surface area contributed by atoms with Crippen LogP contribution in [0.3, 0.4) is 0 Å². The van der Waals surface area contributed by atoms with E-state index in [1.807, 2.05) is 23.1 Å². The molecule has 4 rings (SSSR count). The molecule has 0 spiro atoms. The van der Waals surface area contributed by atoms with E-state index in [1.54, 1.807) is 24.3 Å². The van der Waals surface area contributed by atoms with Gasteiger partial charge in [0.25, 0.3) is 5.91 Å². The number of hydrogen-bond acceptors (Lipinski definition) is 4. The number of carbonyl (C=O) groups is 1. The number of rotatable bonds is 4. The number of ether oxygens (including phenoxy) is 2. The van der Waals surface area contributed by atoms with Gasteiger partial charge in [0.05, 0.1) is 11.6 Å². The lowest BCUT2D eigenvalue weighted by Gasteiger charge is -2.29. The van der Waals surface area contributed by atoms with Crippen LogP contribution in [-0.2, 0) is 6.54 Å². The van der Waals surface area contributed by atoms with Gasteiger partial charge in [0, 0.05) is 18.2 Å². The predicted octanol–water partition coefficient (Wildman–Crippen LogP) is 3.87. The van der Waals surface area contributed by atoms with Gasteiger partial charge in [0.2, 0.25) is 6.79 Å². The molecular formula is C21H20N2O3. The van der Waals surface area contributed by atoms with Gasteiger partial charge in [-0.1, -0.05) is 18.9 Å². The fourth-order valence-corrected chi connectivity index (χ4v) is 3.67. The number of nitrogens with zero attached hydrogens (tertiary/aromatic N) is 2. The van der Waals surface area contributed by atoms with Gasteiger partial charge in [-0.2, -0.15) is 5.26 Å². The Morgan fingerprint density at radius 1 is 1.08 bits per heavy atom. The fraction of sp³-hybridized carbons (Fsp3) is 0.333. The maximum Gasteiger partial charge on any atom is 0.254 e. The highest BCUT2D eigenvalue weighted by Crippen LogP contribution is 2.34. The third kappa shape index (κ3) is 3.23. The van der Waals surface area contributed by atoms with E-state index in [4.69, 9.17) is 14.7 Å². The standard InChI is InChI=1S/C21H20N2O3/c22-12-15-5-8-17(9-6-15)21(24)23(18-3-1-2-4-18)13-16-7-10-19-20(11-16)26-14-25-19/h5-11,18H,1-4,13-14H2. The van der Waals surface area contributed by atoms with Crippen LogP contribution in [0.25, 0.3) is 0 Å². The summed E-state index contributed by atoms with van der Waals surface area (Å²) in [5, 5.41) is 8.95. The molecule has 0 unspecified atom stereocenters. The average Bonchev–Trinajstić information content (AvgIpc) is 3.37. The zero-order chi connectivity index (χ0) is 17.9. The summed E-state index contributed by atoms with van der Waals surface area (Å²) in [6.45, 7) is 0.787. The lowest BCUT2D eigenvalue weighted by molar-refractivity contribution is 0.0664. The van der Waals surface area contributed by atoms with E-state index in [2.05, 4.69) is 6.07 Å². The zero-order valence-corrected chi connectivity index (χ0v) is 14.5. The predicted molar refractivity (Wildman–Crippen MR) is 95.9 cm³/mol. The maximum atomic E-state index is 13.2. The molecule has 1 heterocycles. The van der Waals surface area contributed by atoms with Gasteiger partial charge in [-0.15, -0.1) is 0 Å². The molecule has 0 aromatic heterocycles. The minimum absolute atomic E-state index is 0.0130. The summed E-state index contributed by atoms with van der Waals surface area (Å²) in [5.74, 6) is 1.50. The van der Waals surface area contributed by atoms with Gasteiger partial charge >= 0.3 is 0 Å². The Morgan fingerprint density at radius 3 is 2.54 bits per heavy atom. The van der Waals surface area contributed by atoms with E-state index >= 15 is 0 Å². The first-order chi connectivity index (χ1) is 12.7. The summed E-state index contributed by atoms with van der Waals surface area (Å²) >= 11 is 0. The van der Waals surface area contributed by atoms with E-state index in [0.29, 0.717) is 17.7 Å². The number of benzene rings is 2. The molecule has 1 saturated carbocycles.